The molecule has 2 aliphatic heterocycles. The van der Waals surface area contributed by atoms with Crippen LogP contribution in [0.2, 0.25) is 0 Å². The summed E-state index contributed by atoms with van der Waals surface area (Å²) in [5.74, 6) is -0.0104. The van der Waals surface area contributed by atoms with E-state index in [1.165, 1.54) is 5.56 Å². The molecule has 0 saturated carbocycles. The molecule has 0 unspecified atom stereocenters. The molecule has 6 heteroatoms. The Morgan fingerprint density at radius 2 is 2.38 bits per heavy atom. The van der Waals surface area contributed by atoms with E-state index in [2.05, 4.69) is 32.0 Å². The lowest BCUT2D eigenvalue weighted by Gasteiger charge is -2.22. The molecule has 0 spiro atoms. The van der Waals surface area contributed by atoms with Crippen molar-refractivity contribution in [3.8, 4) is 0 Å². The Balaban J connectivity index is 1.31. The molecule has 3 atom stereocenters. The van der Waals surface area contributed by atoms with Crippen molar-refractivity contribution in [1.29, 1.82) is 0 Å². The summed E-state index contributed by atoms with van der Waals surface area (Å²) in [6, 6.07) is 6.37. The Hall–Kier alpha value is -1.76. The van der Waals surface area contributed by atoms with Gasteiger partial charge in [-0.05, 0) is 40.4 Å². The first-order valence-corrected chi connectivity index (χ1v) is 9.31. The van der Waals surface area contributed by atoms with Crippen molar-refractivity contribution in [2.45, 2.75) is 44.2 Å². The molecule has 2 aliphatic rings. The van der Waals surface area contributed by atoms with E-state index in [0.717, 1.165) is 31.5 Å². The first-order chi connectivity index (χ1) is 11.8. The summed E-state index contributed by atoms with van der Waals surface area (Å²) in [5.41, 5.74) is 2.35. The molecule has 4 rings (SSSR count). The zero-order chi connectivity index (χ0) is 16.4. The lowest BCUT2D eigenvalue weighted by Crippen LogP contribution is -2.36. The van der Waals surface area contributed by atoms with Crippen molar-refractivity contribution in [2.75, 3.05) is 6.54 Å². The molecule has 0 bridgehead atoms. The van der Waals surface area contributed by atoms with Gasteiger partial charge in [0, 0.05) is 44.5 Å². The molecule has 0 aromatic carbocycles. The molecule has 2 saturated heterocycles. The van der Waals surface area contributed by atoms with Crippen LogP contribution in [0.25, 0.3) is 0 Å². The predicted molar refractivity (Wildman–Crippen MR) is 92.5 cm³/mol. The van der Waals surface area contributed by atoms with Crippen LogP contribution in [-0.2, 0) is 22.6 Å². The SMILES string of the molecule is O=C(NCc1cccnc1)[C@@H]1C[C@@H]2[C@@H](CCN2Cc2ccsc2)O1. The second-order valence-corrected chi connectivity index (χ2v) is 7.22. The summed E-state index contributed by atoms with van der Waals surface area (Å²) in [6.07, 6.45) is 5.16. The van der Waals surface area contributed by atoms with Crippen LogP contribution in [0.15, 0.2) is 41.4 Å². The summed E-state index contributed by atoms with van der Waals surface area (Å²) in [6.45, 7) is 2.51. The number of likely N-dealkylation sites (tertiary alicyclic amines) is 1. The van der Waals surface area contributed by atoms with E-state index in [4.69, 9.17) is 4.74 Å². The average molecular weight is 343 g/mol. The number of thiophene rings is 1. The van der Waals surface area contributed by atoms with Crippen LogP contribution in [0.4, 0.5) is 0 Å². The summed E-state index contributed by atoms with van der Waals surface area (Å²) in [7, 11) is 0. The van der Waals surface area contributed by atoms with E-state index < -0.39 is 0 Å². The molecular weight excluding hydrogens is 322 g/mol. The molecule has 0 radical (unpaired) electrons. The van der Waals surface area contributed by atoms with Crippen LogP contribution >= 0.6 is 11.3 Å². The summed E-state index contributed by atoms with van der Waals surface area (Å²) < 4.78 is 6.02. The predicted octanol–water partition coefficient (Wildman–Crippen LogP) is 2.19. The Morgan fingerprint density at radius 1 is 1.42 bits per heavy atom. The number of carbonyl (C=O) groups is 1. The largest absolute Gasteiger partial charge is 0.363 e. The third kappa shape index (κ3) is 3.36. The van der Waals surface area contributed by atoms with Gasteiger partial charge < -0.3 is 10.1 Å². The molecule has 2 aromatic heterocycles. The minimum atomic E-state index is -0.332. The maximum absolute atomic E-state index is 12.4. The van der Waals surface area contributed by atoms with Gasteiger partial charge >= 0.3 is 0 Å². The third-order valence-corrected chi connectivity index (χ3v) is 5.57. The van der Waals surface area contributed by atoms with Gasteiger partial charge in [-0.2, -0.15) is 11.3 Å². The molecule has 1 amide bonds. The van der Waals surface area contributed by atoms with Gasteiger partial charge in [-0.25, -0.2) is 0 Å². The molecule has 1 N–H and O–H groups in total. The maximum Gasteiger partial charge on any atom is 0.249 e. The number of amides is 1. The van der Waals surface area contributed by atoms with Crippen molar-refractivity contribution in [2.24, 2.45) is 0 Å². The molecule has 2 aromatic rings. The Bertz CT molecular complexity index is 677. The number of nitrogens with zero attached hydrogens (tertiary/aromatic N) is 2. The molecular formula is C18H21N3O2S. The normalized spacial score (nSPS) is 26.4. The molecule has 4 heterocycles. The fourth-order valence-corrected chi connectivity index (χ4v) is 4.28. The van der Waals surface area contributed by atoms with Crippen molar-refractivity contribution in [3.63, 3.8) is 0 Å². The van der Waals surface area contributed by atoms with Gasteiger partial charge in [0.05, 0.1) is 6.10 Å². The molecule has 126 valence electrons. The molecule has 24 heavy (non-hydrogen) atoms. The highest BCUT2D eigenvalue weighted by Crippen LogP contribution is 2.34. The monoisotopic (exact) mass is 343 g/mol. The zero-order valence-corrected chi connectivity index (χ0v) is 14.2. The number of aromatic nitrogens is 1. The number of rotatable bonds is 5. The van der Waals surface area contributed by atoms with E-state index in [-0.39, 0.29) is 18.1 Å². The highest BCUT2D eigenvalue weighted by atomic mass is 32.1. The van der Waals surface area contributed by atoms with Gasteiger partial charge in [0.15, 0.2) is 0 Å². The van der Waals surface area contributed by atoms with Crippen molar-refractivity contribution in [3.05, 3.63) is 52.5 Å². The Kier molecular flexibility index (Phi) is 4.60. The zero-order valence-electron chi connectivity index (χ0n) is 13.4. The number of nitrogens with one attached hydrogen (secondary N) is 1. The highest BCUT2D eigenvalue weighted by Gasteiger charge is 2.45. The number of ether oxygens (including phenoxy) is 1. The standard InChI is InChI=1S/C18H21N3O2S/c22-18(20-10-13-2-1-5-19-9-13)17-8-15-16(23-17)3-6-21(15)11-14-4-7-24-12-14/h1-2,4-5,7,9,12,15-17H,3,6,8,10-11H2,(H,20,22)/t15-,16-,17+/m1/s1. The highest BCUT2D eigenvalue weighted by molar-refractivity contribution is 7.07. The summed E-state index contributed by atoms with van der Waals surface area (Å²) in [4.78, 5) is 18.9. The maximum atomic E-state index is 12.4. The van der Waals surface area contributed by atoms with Crippen molar-refractivity contribution in [1.82, 2.24) is 15.2 Å². The van der Waals surface area contributed by atoms with Gasteiger partial charge in [-0.1, -0.05) is 6.07 Å². The van der Waals surface area contributed by atoms with Crippen LogP contribution in [0, 0.1) is 0 Å². The minimum Gasteiger partial charge on any atom is -0.363 e. The summed E-state index contributed by atoms with van der Waals surface area (Å²) >= 11 is 1.73. The first-order valence-electron chi connectivity index (χ1n) is 8.37. The quantitative estimate of drug-likeness (QED) is 0.904. The Labute approximate surface area is 145 Å². The first kappa shape index (κ1) is 15.7. The smallest absolute Gasteiger partial charge is 0.249 e. The van der Waals surface area contributed by atoms with Crippen molar-refractivity contribution >= 4 is 17.2 Å². The topological polar surface area (TPSA) is 54.5 Å². The van der Waals surface area contributed by atoms with Crippen LogP contribution in [-0.4, -0.2) is 40.6 Å². The van der Waals surface area contributed by atoms with Crippen LogP contribution < -0.4 is 5.32 Å². The lowest BCUT2D eigenvalue weighted by atomic mass is 10.1. The van der Waals surface area contributed by atoms with E-state index >= 15 is 0 Å². The lowest BCUT2D eigenvalue weighted by molar-refractivity contribution is -0.132. The second-order valence-electron chi connectivity index (χ2n) is 6.44. The van der Waals surface area contributed by atoms with Gasteiger partial charge in [0.25, 0.3) is 0 Å². The fraction of sp³-hybridized carbons (Fsp3) is 0.444. The number of fused-ring (bicyclic) bond motifs is 1. The fourth-order valence-electron chi connectivity index (χ4n) is 3.62. The van der Waals surface area contributed by atoms with Crippen molar-refractivity contribution < 1.29 is 9.53 Å². The molecule has 5 nitrogen and oxygen atoms in total. The van der Waals surface area contributed by atoms with Crippen LogP contribution in [0.1, 0.15) is 24.0 Å². The van der Waals surface area contributed by atoms with E-state index in [1.54, 1.807) is 23.7 Å². The third-order valence-electron chi connectivity index (χ3n) is 4.84. The number of pyridine rings is 1. The number of carbonyl (C=O) groups excluding carboxylic acids is 1. The molecule has 2 fully saturated rings. The van der Waals surface area contributed by atoms with Gasteiger partial charge in [-0.15, -0.1) is 0 Å². The minimum absolute atomic E-state index is 0.0104. The van der Waals surface area contributed by atoms with Crippen LogP contribution in [0.3, 0.4) is 0 Å². The summed E-state index contributed by atoms with van der Waals surface area (Å²) in [5, 5.41) is 7.28. The average Bonchev–Trinajstić information content (AvgIpc) is 3.32. The van der Waals surface area contributed by atoms with Crippen LogP contribution in [0.5, 0.6) is 0 Å². The molecule has 0 aliphatic carbocycles. The van der Waals surface area contributed by atoms with E-state index in [0.29, 0.717) is 12.6 Å². The number of hydrogen-bond acceptors (Lipinski definition) is 5. The van der Waals surface area contributed by atoms with Gasteiger partial charge in [0.1, 0.15) is 6.10 Å². The van der Waals surface area contributed by atoms with E-state index in [9.17, 15) is 4.79 Å². The van der Waals surface area contributed by atoms with E-state index in [1.807, 2.05) is 12.1 Å². The second kappa shape index (κ2) is 7.01. The number of hydrogen-bond donors (Lipinski definition) is 1. The van der Waals surface area contributed by atoms with Gasteiger partial charge in [-0.3, -0.25) is 14.7 Å². The van der Waals surface area contributed by atoms with Gasteiger partial charge in [0.2, 0.25) is 5.91 Å². The Morgan fingerprint density at radius 3 is 3.17 bits per heavy atom.